The van der Waals surface area contributed by atoms with E-state index in [9.17, 15) is 9.32 Å². The quantitative estimate of drug-likeness (QED) is 0.242. The molecule has 3 aromatic heterocycles. The number of benzene rings is 2. The molecular weight excluding hydrogens is 511 g/mol. The zero-order chi connectivity index (χ0) is 25.5. The van der Waals surface area contributed by atoms with Crippen LogP contribution in [-0.2, 0) is 22.6 Å². The number of hydrogen-bond donors (Lipinski definition) is 0. The molecule has 0 atom stereocenters. The zero-order valence-corrected chi connectivity index (χ0v) is 21.3. The Bertz CT molecular complexity index is 1650. The SMILES string of the molecule is Cc1cc2nc(-c3ccnc(N4CCc5cnccc54)c3)sc2c(-c2ccc(Cl)cc2)c1CC(=O)OF. The molecule has 6 nitrogen and oxygen atoms in total. The average Bonchev–Trinajstić information content (AvgIpc) is 3.54. The van der Waals surface area contributed by atoms with Crippen molar-refractivity contribution in [1.29, 1.82) is 0 Å². The number of fused-ring (bicyclic) bond motifs is 2. The molecule has 0 amide bonds. The number of hydrogen-bond acceptors (Lipinski definition) is 7. The molecule has 0 saturated carbocycles. The molecule has 0 unspecified atom stereocenters. The van der Waals surface area contributed by atoms with Gasteiger partial charge in [0.25, 0.3) is 0 Å². The van der Waals surface area contributed by atoms with Crippen molar-refractivity contribution in [2.45, 2.75) is 19.8 Å². The second-order valence-electron chi connectivity index (χ2n) is 8.86. The molecule has 0 radical (unpaired) electrons. The highest BCUT2D eigenvalue weighted by Gasteiger charge is 2.23. The number of pyridine rings is 2. The van der Waals surface area contributed by atoms with Crippen molar-refractivity contribution in [2.75, 3.05) is 11.4 Å². The maximum absolute atomic E-state index is 12.7. The smallest absolute Gasteiger partial charge is 0.326 e. The molecule has 0 spiro atoms. The summed E-state index contributed by atoms with van der Waals surface area (Å²) >= 11 is 7.66. The summed E-state index contributed by atoms with van der Waals surface area (Å²) in [7, 11) is 0. The molecule has 6 rings (SSSR count). The molecule has 184 valence electrons. The lowest BCUT2D eigenvalue weighted by molar-refractivity contribution is -0.182. The maximum Gasteiger partial charge on any atom is 0.353 e. The average molecular weight is 531 g/mol. The van der Waals surface area contributed by atoms with Crippen LogP contribution in [0.4, 0.5) is 16.0 Å². The molecule has 1 aliphatic heterocycles. The molecule has 0 saturated heterocycles. The number of carbonyl (C=O) groups is 1. The van der Waals surface area contributed by atoms with Crippen molar-refractivity contribution >= 4 is 50.6 Å². The van der Waals surface area contributed by atoms with Gasteiger partial charge in [0.2, 0.25) is 0 Å². The Morgan fingerprint density at radius 1 is 1.14 bits per heavy atom. The highest BCUT2D eigenvalue weighted by molar-refractivity contribution is 7.22. The minimum absolute atomic E-state index is 0.188. The van der Waals surface area contributed by atoms with E-state index in [0.29, 0.717) is 10.6 Å². The first-order chi connectivity index (χ1) is 18.0. The van der Waals surface area contributed by atoms with Gasteiger partial charge in [0.05, 0.1) is 16.6 Å². The maximum atomic E-state index is 12.7. The minimum Gasteiger partial charge on any atom is -0.326 e. The van der Waals surface area contributed by atoms with Crippen molar-refractivity contribution in [3.8, 4) is 21.7 Å². The first kappa shape index (κ1) is 23.5. The zero-order valence-electron chi connectivity index (χ0n) is 19.7. The monoisotopic (exact) mass is 530 g/mol. The molecule has 0 bridgehead atoms. The van der Waals surface area contributed by atoms with Gasteiger partial charge in [-0.1, -0.05) is 23.7 Å². The van der Waals surface area contributed by atoms with Crippen LogP contribution in [0.1, 0.15) is 16.7 Å². The van der Waals surface area contributed by atoms with Gasteiger partial charge in [0.15, 0.2) is 0 Å². The van der Waals surface area contributed by atoms with Crippen LogP contribution in [0.5, 0.6) is 0 Å². The van der Waals surface area contributed by atoms with E-state index < -0.39 is 5.97 Å². The summed E-state index contributed by atoms with van der Waals surface area (Å²) in [5.41, 5.74) is 7.30. The van der Waals surface area contributed by atoms with E-state index in [4.69, 9.17) is 16.6 Å². The first-order valence-electron chi connectivity index (χ1n) is 11.7. The third-order valence-electron chi connectivity index (χ3n) is 6.59. The number of aryl methyl sites for hydroxylation is 1. The largest absolute Gasteiger partial charge is 0.353 e. The minimum atomic E-state index is -0.942. The second-order valence-corrected chi connectivity index (χ2v) is 10.3. The topological polar surface area (TPSA) is 68.2 Å². The summed E-state index contributed by atoms with van der Waals surface area (Å²) in [6, 6.07) is 15.3. The third kappa shape index (κ3) is 4.32. The fraction of sp³-hybridized carbons (Fsp3) is 0.143. The summed E-state index contributed by atoms with van der Waals surface area (Å²) in [6.45, 7) is 2.73. The molecule has 0 N–H and O–H groups in total. The fourth-order valence-corrected chi connectivity index (χ4v) is 6.11. The van der Waals surface area contributed by atoms with Gasteiger partial charge in [-0.15, -0.1) is 11.3 Å². The van der Waals surface area contributed by atoms with Gasteiger partial charge in [0.1, 0.15) is 10.8 Å². The molecule has 2 aromatic carbocycles. The van der Waals surface area contributed by atoms with Crippen LogP contribution in [0, 0.1) is 6.92 Å². The standard InChI is InChI=1S/C28H20ClFN4O2S/c1-16-12-22-27(26(21(16)14-25(35)36-30)17-2-4-20(29)5-3-17)37-28(33-22)18-6-10-32-24(13-18)34-11-8-19-15-31-9-7-23(19)34/h2-7,9-10,12-13,15H,8,11,14H2,1H3. The van der Waals surface area contributed by atoms with E-state index >= 15 is 0 Å². The Kier molecular flexibility index (Phi) is 6.06. The molecule has 1 aliphatic rings. The van der Waals surface area contributed by atoms with Gasteiger partial charge < -0.3 is 4.90 Å². The Morgan fingerprint density at radius 2 is 1.97 bits per heavy atom. The number of halogens is 2. The highest BCUT2D eigenvalue weighted by Crippen LogP contribution is 2.42. The molecule has 37 heavy (non-hydrogen) atoms. The lowest BCUT2D eigenvalue weighted by atomic mass is 9.93. The van der Waals surface area contributed by atoms with Crippen LogP contribution >= 0.6 is 22.9 Å². The van der Waals surface area contributed by atoms with Crippen molar-refractivity contribution in [2.24, 2.45) is 0 Å². The number of rotatable bonds is 5. The lowest BCUT2D eigenvalue weighted by Crippen LogP contribution is -2.14. The van der Waals surface area contributed by atoms with E-state index in [-0.39, 0.29) is 6.42 Å². The summed E-state index contributed by atoms with van der Waals surface area (Å²) in [5, 5.41) is 1.43. The van der Waals surface area contributed by atoms with Crippen LogP contribution in [-0.4, -0.2) is 27.5 Å². The van der Waals surface area contributed by atoms with Crippen LogP contribution < -0.4 is 4.90 Å². The normalized spacial score (nSPS) is 12.7. The van der Waals surface area contributed by atoms with Gasteiger partial charge in [-0.25, -0.2) is 14.8 Å². The first-order valence-corrected chi connectivity index (χ1v) is 12.9. The van der Waals surface area contributed by atoms with E-state index in [1.807, 2.05) is 49.5 Å². The van der Waals surface area contributed by atoms with Crippen LogP contribution in [0.15, 0.2) is 67.1 Å². The predicted octanol–water partition coefficient (Wildman–Crippen LogP) is 7.05. The van der Waals surface area contributed by atoms with Gasteiger partial charge in [-0.2, -0.15) is 0 Å². The number of thiazole rings is 1. The number of nitrogens with zero attached hydrogens (tertiary/aromatic N) is 4. The van der Waals surface area contributed by atoms with E-state index in [1.54, 1.807) is 24.5 Å². The van der Waals surface area contributed by atoms with E-state index in [0.717, 1.165) is 61.9 Å². The Morgan fingerprint density at radius 3 is 2.78 bits per heavy atom. The van der Waals surface area contributed by atoms with Gasteiger partial charge >= 0.3 is 5.97 Å². The van der Waals surface area contributed by atoms with Crippen LogP contribution in [0.3, 0.4) is 0 Å². The molecule has 4 heterocycles. The Balaban J connectivity index is 1.48. The van der Waals surface area contributed by atoms with Crippen molar-refractivity contribution in [3.63, 3.8) is 0 Å². The fourth-order valence-electron chi connectivity index (χ4n) is 4.85. The number of anilines is 2. The third-order valence-corrected chi connectivity index (χ3v) is 7.98. The van der Waals surface area contributed by atoms with Crippen molar-refractivity contribution in [1.82, 2.24) is 15.0 Å². The lowest BCUT2D eigenvalue weighted by Gasteiger charge is -2.18. The Hall–Kier alpha value is -3.88. The van der Waals surface area contributed by atoms with Gasteiger partial charge in [0, 0.05) is 51.5 Å². The van der Waals surface area contributed by atoms with E-state index in [2.05, 4.69) is 19.8 Å². The molecule has 0 aliphatic carbocycles. The van der Waals surface area contributed by atoms with E-state index in [1.165, 1.54) is 16.9 Å². The second kappa shape index (κ2) is 9.53. The van der Waals surface area contributed by atoms with Crippen LogP contribution in [0.2, 0.25) is 5.02 Å². The van der Waals surface area contributed by atoms with Gasteiger partial charge in [-0.05, 0) is 72.0 Å². The van der Waals surface area contributed by atoms with Gasteiger partial charge in [-0.3, -0.25) is 9.93 Å². The van der Waals surface area contributed by atoms with Crippen molar-refractivity contribution in [3.05, 3.63) is 88.8 Å². The summed E-state index contributed by atoms with van der Waals surface area (Å²) in [6.07, 6.45) is 6.23. The molecule has 0 fully saturated rings. The molecule has 5 aromatic rings. The van der Waals surface area contributed by atoms with Crippen LogP contribution in [0.25, 0.3) is 31.9 Å². The Labute approximate surface area is 221 Å². The summed E-state index contributed by atoms with van der Waals surface area (Å²) in [5.74, 6) is -0.0931. The summed E-state index contributed by atoms with van der Waals surface area (Å²) < 4.78 is 13.6. The van der Waals surface area contributed by atoms with Crippen molar-refractivity contribution < 1.29 is 14.3 Å². The molecule has 9 heteroatoms. The highest BCUT2D eigenvalue weighted by atomic mass is 35.5. The number of aromatic nitrogens is 3. The molecular formula is C28H20ClFN4O2S. The number of carbonyl (C=O) groups excluding carboxylic acids is 1. The predicted molar refractivity (Wildman–Crippen MR) is 144 cm³/mol. The summed E-state index contributed by atoms with van der Waals surface area (Å²) in [4.78, 5) is 31.4.